The van der Waals surface area contributed by atoms with Gasteiger partial charge in [-0.05, 0) is 26.2 Å². The molecule has 0 aromatic rings. The molecule has 1 saturated heterocycles. The molecule has 0 aromatic carbocycles. The van der Waals surface area contributed by atoms with Gasteiger partial charge in [0.2, 0.25) is 11.8 Å². The van der Waals surface area contributed by atoms with E-state index in [9.17, 15) is 14.4 Å². The second kappa shape index (κ2) is 7.57. The first kappa shape index (κ1) is 17.7. The Morgan fingerprint density at radius 3 is 2.19 bits per heavy atom. The first-order valence-electron chi connectivity index (χ1n) is 8.13. The molecule has 0 bridgehead atoms. The Morgan fingerprint density at radius 1 is 1.05 bits per heavy atom. The second-order valence-corrected chi connectivity index (χ2v) is 5.92. The number of urea groups is 1. The third-order valence-electron chi connectivity index (χ3n) is 4.63. The predicted octanol–water partition coefficient (Wildman–Crippen LogP) is 3.23. The number of imide groups is 2. The van der Waals surface area contributed by atoms with Crippen molar-refractivity contribution in [2.75, 3.05) is 0 Å². The number of nitrogens with zero attached hydrogens (tertiary/aromatic N) is 1. The molecular weight excluding hydrogens is 268 g/mol. The zero-order valence-corrected chi connectivity index (χ0v) is 13.7. The summed E-state index contributed by atoms with van der Waals surface area (Å²) in [5, 5.41) is 2.36. The molecule has 1 heterocycles. The quantitative estimate of drug-likeness (QED) is 0.552. The van der Waals surface area contributed by atoms with Crippen LogP contribution in [0.15, 0.2) is 0 Å². The number of barbiturate groups is 1. The van der Waals surface area contributed by atoms with Crippen LogP contribution in [0.4, 0.5) is 4.79 Å². The fourth-order valence-electron chi connectivity index (χ4n) is 2.97. The van der Waals surface area contributed by atoms with Gasteiger partial charge >= 0.3 is 6.03 Å². The maximum Gasteiger partial charge on any atom is 0.331 e. The highest BCUT2D eigenvalue weighted by Gasteiger charge is 2.52. The molecule has 1 aliphatic rings. The first-order valence-corrected chi connectivity index (χ1v) is 8.13. The molecule has 5 nitrogen and oxygen atoms in total. The fraction of sp³-hybridized carbons (Fsp3) is 0.812. The van der Waals surface area contributed by atoms with Crippen LogP contribution < -0.4 is 5.32 Å². The van der Waals surface area contributed by atoms with E-state index in [1.165, 1.54) is 11.3 Å². The molecule has 1 fully saturated rings. The van der Waals surface area contributed by atoms with Gasteiger partial charge in [-0.25, -0.2) is 4.79 Å². The van der Waals surface area contributed by atoms with E-state index in [4.69, 9.17) is 0 Å². The van der Waals surface area contributed by atoms with Gasteiger partial charge in [0, 0.05) is 6.04 Å². The summed E-state index contributed by atoms with van der Waals surface area (Å²) < 4.78 is 0. The van der Waals surface area contributed by atoms with Crippen molar-refractivity contribution in [3.8, 4) is 0 Å². The van der Waals surface area contributed by atoms with Crippen LogP contribution in [0.2, 0.25) is 0 Å². The Kier molecular flexibility index (Phi) is 6.37. The minimum atomic E-state index is -1.08. The Morgan fingerprint density at radius 2 is 1.67 bits per heavy atom. The highest BCUT2D eigenvalue weighted by atomic mass is 16.2. The number of carbonyl (C=O) groups is 3. The normalized spacial score (nSPS) is 19.6. The lowest BCUT2D eigenvalue weighted by molar-refractivity contribution is -0.153. The third kappa shape index (κ3) is 3.44. The molecule has 4 amide bonds. The monoisotopic (exact) mass is 296 g/mol. The molecule has 1 atom stereocenters. The van der Waals surface area contributed by atoms with Crippen molar-refractivity contribution >= 4 is 17.8 Å². The molecule has 0 spiro atoms. The highest BCUT2D eigenvalue weighted by Crippen LogP contribution is 2.33. The smallest absolute Gasteiger partial charge is 0.277 e. The van der Waals surface area contributed by atoms with E-state index in [1.54, 1.807) is 0 Å². The molecule has 0 aromatic heterocycles. The minimum absolute atomic E-state index is 0.167. The summed E-state index contributed by atoms with van der Waals surface area (Å²) in [6, 6.07) is -0.731. The number of unbranched alkanes of at least 4 members (excludes halogenated alkanes) is 3. The molecule has 0 saturated carbocycles. The molecule has 21 heavy (non-hydrogen) atoms. The lowest BCUT2D eigenvalue weighted by Crippen LogP contribution is -2.65. The van der Waals surface area contributed by atoms with Gasteiger partial charge in [-0.15, -0.1) is 0 Å². The van der Waals surface area contributed by atoms with Gasteiger partial charge in [-0.3, -0.25) is 19.8 Å². The highest BCUT2D eigenvalue weighted by molar-refractivity contribution is 6.19. The Labute approximate surface area is 127 Å². The summed E-state index contributed by atoms with van der Waals surface area (Å²) in [5.41, 5.74) is -1.08. The molecule has 1 N–H and O–H groups in total. The number of amides is 4. The van der Waals surface area contributed by atoms with Crippen molar-refractivity contribution in [2.45, 2.75) is 78.7 Å². The van der Waals surface area contributed by atoms with Crippen LogP contribution in [-0.2, 0) is 9.59 Å². The maximum atomic E-state index is 12.7. The maximum absolute atomic E-state index is 12.7. The number of hydrogen-bond acceptors (Lipinski definition) is 3. The minimum Gasteiger partial charge on any atom is -0.277 e. The lowest BCUT2D eigenvalue weighted by atomic mass is 9.78. The van der Waals surface area contributed by atoms with Crippen LogP contribution >= 0.6 is 0 Å². The summed E-state index contributed by atoms with van der Waals surface area (Å²) in [4.78, 5) is 38.1. The lowest BCUT2D eigenvalue weighted by Gasteiger charge is -2.40. The van der Waals surface area contributed by atoms with E-state index in [2.05, 4.69) is 12.2 Å². The largest absolute Gasteiger partial charge is 0.331 e. The molecule has 120 valence electrons. The van der Waals surface area contributed by atoms with Crippen molar-refractivity contribution in [2.24, 2.45) is 5.41 Å². The van der Waals surface area contributed by atoms with Crippen molar-refractivity contribution < 1.29 is 14.4 Å². The molecule has 5 heteroatoms. The Balaban J connectivity index is 2.82. The molecule has 1 rings (SSSR count). The van der Waals surface area contributed by atoms with E-state index in [0.717, 1.165) is 25.7 Å². The molecule has 0 aliphatic carbocycles. The van der Waals surface area contributed by atoms with Gasteiger partial charge in [0.1, 0.15) is 5.41 Å². The SMILES string of the molecule is CCCCCCC(C)N1C(=O)NC(=O)C(CC)(CC)C1=O. The van der Waals surface area contributed by atoms with Crippen molar-refractivity contribution in [1.29, 1.82) is 0 Å². The first-order chi connectivity index (χ1) is 9.94. The zero-order chi connectivity index (χ0) is 16.0. The summed E-state index contributed by atoms with van der Waals surface area (Å²) in [6.07, 6.45) is 6.04. The number of rotatable bonds is 8. The van der Waals surface area contributed by atoms with Crippen LogP contribution in [0.25, 0.3) is 0 Å². The molecule has 1 aliphatic heterocycles. The van der Waals surface area contributed by atoms with E-state index in [0.29, 0.717) is 12.8 Å². The summed E-state index contributed by atoms with van der Waals surface area (Å²) in [6.45, 7) is 7.67. The van der Waals surface area contributed by atoms with Gasteiger partial charge in [0.05, 0.1) is 0 Å². The van der Waals surface area contributed by atoms with Crippen LogP contribution in [0.5, 0.6) is 0 Å². The van der Waals surface area contributed by atoms with E-state index >= 15 is 0 Å². The summed E-state index contributed by atoms with van der Waals surface area (Å²) in [7, 11) is 0. The van der Waals surface area contributed by atoms with Crippen LogP contribution in [0.3, 0.4) is 0 Å². The standard InChI is InChI=1S/C16H28N2O3/c1-5-8-9-10-11-12(4)18-14(20)16(6-2,7-3)13(19)17-15(18)21/h12H,5-11H2,1-4H3,(H,17,19,21). The van der Waals surface area contributed by atoms with Gasteiger partial charge in [0.15, 0.2) is 0 Å². The Hall–Kier alpha value is -1.39. The van der Waals surface area contributed by atoms with Crippen molar-refractivity contribution in [1.82, 2.24) is 10.2 Å². The summed E-state index contributed by atoms with van der Waals surface area (Å²) in [5.74, 6) is -0.777. The van der Waals surface area contributed by atoms with Gasteiger partial charge < -0.3 is 0 Å². The van der Waals surface area contributed by atoms with Crippen LogP contribution in [0.1, 0.15) is 72.6 Å². The van der Waals surface area contributed by atoms with Crippen molar-refractivity contribution in [3.63, 3.8) is 0 Å². The predicted molar refractivity (Wildman–Crippen MR) is 81.6 cm³/mol. The van der Waals surface area contributed by atoms with Gasteiger partial charge in [-0.2, -0.15) is 0 Å². The van der Waals surface area contributed by atoms with E-state index < -0.39 is 17.4 Å². The number of hydrogen-bond donors (Lipinski definition) is 1. The van der Waals surface area contributed by atoms with Crippen molar-refractivity contribution in [3.05, 3.63) is 0 Å². The number of carbonyl (C=O) groups excluding carboxylic acids is 3. The molecule has 1 unspecified atom stereocenters. The van der Waals surface area contributed by atoms with Crippen LogP contribution in [-0.4, -0.2) is 28.8 Å². The second-order valence-electron chi connectivity index (χ2n) is 5.92. The Bertz CT molecular complexity index is 402. The van der Waals surface area contributed by atoms with E-state index in [1.807, 2.05) is 20.8 Å². The van der Waals surface area contributed by atoms with Gasteiger partial charge in [0.25, 0.3) is 0 Å². The van der Waals surface area contributed by atoms with Crippen LogP contribution in [0, 0.1) is 5.41 Å². The zero-order valence-electron chi connectivity index (χ0n) is 13.7. The van der Waals surface area contributed by atoms with Gasteiger partial charge in [-0.1, -0.05) is 46.5 Å². The fourth-order valence-corrected chi connectivity index (χ4v) is 2.97. The number of nitrogens with one attached hydrogen (secondary N) is 1. The third-order valence-corrected chi connectivity index (χ3v) is 4.63. The topological polar surface area (TPSA) is 66.5 Å². The van der Waals surface area contributed by atoms with E-state index in [-0.39, 0.29) is 11.9 Å². The summed E-state index contributed by atoms with van der Waals surface area (Å²) >= 11 is 0. The average Bonchev–Trinajstić information content (AvgIpc) is 2.45. The molecular formula is C16H28N2O3. The molecule has 0 radical (unpaired) electrons. The average molecular weight is 296 g/mol.